The van der Waals surface area contributed by atoms with E-state index in [-0.39, 0.29) is 51.0 Å². The lowest BCUT2D eigenvalue weighted by atomic mass is 9.96. The van der Waals surface area contributed by atoms with Gasteiger partial charge in [0.25, 0.3) is 5.91 Å². The summed E-state index contributed by atoms with van der Waals surface area (Å²) >= 11 is 1.42. The number of carbonyl (C=O) groups excluding carboxylic acids is 8. The van der Waals surface area contributed by atoms with Crippen LogP contribution >= 0.6 is 11.8 Å². The van der Waals surface area contributed by atoms with Crippen molar-refractivity contribution in [3.8, 4) is 0 Å². The van der Waals surface area contributed by atoms with Crippen molar-refractivity contribution in [1.82, 2.24) is 52.1 Å². The summed E-state index contributed by atoms with van der Waals surface area (Å²) in [5.74, 6) is -7.46. The first kappa shape index (κ1) is 55.0. The molecule has 22 nitrogen and oxygen atoms in total. The van der Waals surface area contributed by atoms with Crippen LogP contribution in [0.25, 0.3) is 0 Å². The minimum atomic E-state index is -1.82. The van der Waals surface area contributed by atoms with Gasteiger partial charge in [0.2, 0.25) is 41.4 Å². The molecule has 23 heteroatoms. The Morgan fingerprint density at radius 2 is 1.42 bits per heavy atom. The Labute approximate surface area is 390 Å². The van der Waals surface area contributed by atoms with Crippen LogP contribution < -0.4 is 43.0 Å². The topological polar surface area (TPSA) is 336 Å². The Hall–Kier alpha value is -5.29. The van der Waals surface area contributed by atoms with Gasteiger partial charge in [-0.05, 0) is 81.3 Å². The highest BCUT2D eigenvalue weighted by atomic mass is 32.2. The van der Waals surface area contributed by atoms with Gasteiger partial charge in [0.15, 0.2) is 6.10 Å². The minimum absolute atomic E-state index is 0.0800. The van der Waals surface area contributed by atoms with Gasteiger partial charge in [-0.15, -0.1) is 0 Å². The first-order chi connectivity index (χ1) is 31.1. The van der Waals surface area contributed by atoms with E-state index in [9.17, 15) is 53.4 Å². The van der Waals surface area contributed by atoms with Crippen LogP contribution in [0.1, 0.15) is 98.6 Å². The number of H-pyrrole nitrogens is 1. The number of hydrogen-bond donors (Lipinski definition) is 11. The van der Waals surface area contributed by atoms with Crippen LogP contribution in [0, 0.1) is 17.8 Å². The Morgan fingerprint density at radius 1 is 0.803 bits per heavy atom. The third-order valence-electron chi connectivity index (χ3n) is 11.5. The van der Waals surface area contributed by atoms with Crippen LogP contribution in [0.3, 0.4) is 0 Å². The van der Waals surface area contributed by atoms with E-state index in [0.29, 0.717) is 30.8 Å². The Morgan fingerprint density at radius 3 is 1.98 bits per heavy atom. The first-order valence-electron chi connectivity index (χ1n) is 22.7. The van der Waals surface area contributed by atoms with E-state index in [2.05, 4.69) is 47.2 Å². The number of aromatic nitrogens is 2. The van der Waals surface area contributed by atoms with Crippen molar-refractivity contribution in [2.75, 3.05) is 25.1 Å². The van der Waals surface area contributed by atoms with Gasteiger partial charge in [0.1, 0.15) is 36.3 Å². The Kier molecular flexibility index (Phi) is 22.3. The fourth-order valence-electron chi connectivity index (χ4n) is 7.86. The fraction of sp³-hybridized carbons (Fsp3) is 0.721. The number of carboxylic acid groups (broad SMARTS) is 1. The van der Waals surface area contributed by atoms with E-state index in [0.717, 1.165) is 6.42 Å². The zero-order valence-corrected chi connectivity index (χ0v) is 39.8. The molecule has 1 aromatic rings. The summed E-state index contributed by atoms with van der Waals surface area (Å²) in [7, 11) is 0. The number of primary amides is 1. The summed E-state index contributed by atoms with van der Waals surface area (Å²) in [6, 6.07) is -8.79. The van der Waals surface area contributed by atoms with Crippen LogP contribution in [-0.4, -0.2) is 158 Å². The lowest BCUT2D eigenvalue weighted by Gasteiger charge is -2.33. The van der Waals surface area contributed by atoms with Crippen molar-refractivity contribution in [1.29, 1.82) is 0 Å². The van der Waals surface area contributed by atoms with Crippen LogP contribution in [0.2, 0.25) is 0 Å². The molecule has 3 rings (SSSR count). The number of aliphatic carboxylic acids is 1. The molecule has 2 aliphatic rings. The monoisotopic (exact) mass is 950 g/mol. The van der Waals surface area contributed by atoms with Crippen LogP contribution in [0.15, 0.2) is 12.5 Å². The number of likely N-dealkylation sites (tertiary alicyclic amines) is 1. The molecular weight excluding hydrogens is 879 g/mol. The number of nitrogens with one attached hydrogen (secondary N) is 8. The van der Waals surface area contributed by atoms with Gasteiger partial charge in [0.05, 0.1) is 18.4 Å². The predicted octanol–water partition coefficient (Wildman–Crippen LogP) is -1.57. The van der Waals surface area contributed by atoms with Crippen molar-refractivity contribution in [2.45, 2.75) is 154 Å². The molecule has 0 bridgehead atoms. The number of imidazole rings is 1. The molecule has 8 amide bonds. The zero-order chi connectivity index (χ0) is 49.2. The van der Waals surface area contributed by atoms with Gasteiger partial charge in [-0.3, -0.25) is 38.4 Å². The van der Waals surface area contributed by atoms with Crippen LogP contribution in [-0.2, 0) is 49.6 Å². The molecule has 12 N–H and O–H groups in total. The normalized spacial score (nSPS) is 19.2. The average Bonchev–Trinajstić information content (AvgIpc) is 4.07. The predicted molar refractivity (Wildman–Crippen MR) is 244 cm³/mol. The first-order valence-corrected chi connectivity index (χ1v) is 24.1. The molecule has 1 aromatic heterocycles. The van der Waals surface area contributed by atoms with E-state index >= 15 is 0 Å². The molecule has 2 saturated heterocycles. The lowest BCUT2D eigenvalue weighted by molar-refractivity contribution is -0.148. The highest BCUT2D eigenvalue weighted by Crippen LogP contribution is 2.22. The summed E-state index contributed by atoms with van der Waals surface area (Å²) in [6.45, 7) is 11.1. The summed E-state index contributed by atoms with van der Waals surface area (Å²) in [5, 5.41) is 40.5. The number of nitrogens with zero attached hydrogens (tertiary/aromatic N) is 2. The van der Waals surface area contributed by atoms with Gasteiger partial charge in [-0.2, -0.15) is 11.8 Å². The molecular formula is C43H71N11O11S. The second-order valence-corrected chi connectivity index (χ2v) is 19.1. The second kappa shape index (κ2) is 26.8. The summed E-state index contributed by atoms with van der Waals surface area (Å²) in [6.07, 6.45) is 4.64. The van der Waals surface area contributed by atoms with Crippen molar-refractivity contribution >= 4 is 65.0 Å². The number of nitrogens with two attached hydrogens (primary N) is 1. The fourth-order valence-corrected chi connectivity index (χ4v) is 8.33. The highest BCUT2D eigenvalue weighted by Gasteiger charge is 2.42. The minimum Gasteiger partial charge on any atom is -0.480 e. The molecule has 0 saturated carbocycles. The molecule has 1 unspecified atom stereocenters. The maximum atomic E-state index is 14.1. The highest BCUT2D eigenvalue weighted by molar-refractivity contribution is 7.98. The zero-order valence-electron chi connectivity index (χ0n) is 39.0. The molecule has 3 heterocycles. The van der Waals surface area contributed by atoms with Gasteiger partial charge in [0, 0.05) is 31.3 Å². The molecule has 2 fully saturated rings. The average molecular weight is 950 g/mol. The molecule has 9 atom stereocenters. The summed E-state index contributed by atoms with van der Waals surface area (Å²) in [5.41, 5.74) is 5.82. The third-order valence-corrected chi connectivity index (χ3v) is 12.2. The second-order valence-electron chi connectivity index (χ2n) is 18.1. The maximum Gasteiger partial charge on any atom is 0.326 e. The van der Waals surface area contributed by atoms with Crippen molar-refractivity contribution in [3.05, 3.63) is 18.2 Å². The van der Waals surface area contributed by atoms with Crippen LogP contribution in [0.5, 0.6) is 0 Å². The van der Waals surface area contributed by atoms with Crippen molar-refractivity contribution < 1.29 is 53.4 Å². The molecule has 0 aromatic carbocycles. The van der Waals surface area contributed by atoms with Gasteiger partial charge < -0.3 is 63.0 Å². The Balaban J connectivity index is 1.74. The number of amides is 8. The SMILES string of the molecule is CSCC[C@H](NC(=O)[C@@H](NC(=O)[C@@H]1CCCN1C(=O)C(O)[C@H](CC(C)C)NC(=O)[C@@H](NC(=O)[C@H](CCC(N)=O)NC(=O)[C@@H]1CCCN1)C(C)C)C(C)C)C(=O)N[C@@H](Cc1cnc[nH]1)C(=O)O. The number of thioether (sulfide) groups is 1. The van der Waals surface area contributed by atoms with E-state index in [1.807, 2.05) is 20.1 Å². The number of aliphatic hydroxyl groups excluding tert-OH is 1. The quantitative estimate of drug-likeness (QED) is 0.0475. The number of carboxylic acids is 1. The van der Waals surface area contributed by atoms with Gasteiger partial charge in [-0.25, -0.2) is 9.78 Å². The molecule has 0 spiro atoms. The smallest absolute Gasteiger partial charge is 0.326 e. The molecule has 0 radical (unpaired) electrons. The van der Waals surface area contributed by atoms with E-state index < -0.39 is 120 Å². The van der Waals surface area contributed by atoms with Crippen LogP contribution in [0.4, 0.5) is 0 Å². The standard InChI is InChI=1S/C43H71N11O11S/c1-22(2)18-29(50-41(62)33(23(3)4)52-38(59)27(12-13-32(44)55)48-36(57)26-10-8-15-46-26)35(56)42(63)54-16-9-11-31(54)39(60)53-34(24(5)6)40(61)49-28(14-17-66-7)37(58)51-30(43(64)65)19-25-20-45-21-47-25/h20-24,26-31,33-35,46,56H,8-19H2,1-7H3,(H2,44,55)(H,45,47)(H,48,57)(H,49,61)(H,50,62)(H,51,58)(H,52,59)(H,53,60)(H,64,65)/t26-,27-,28-,29-,30-,31-,33-,34-,35?/m0/s1. The third kappa shape index (κ3) is 16.9. The van der Waals surface area contributed by atoms with Crippen molar-refractivity contribution in [2.24, 2.45) is 23.5 Å². The molecule has 2 aliphatic heterocycles. The number of aliphatic hydroxyl groups is 1. The number of rotatable bonds is 27. The summed E-state index contributed by atoms with van der Waals surface area (Å²) in [4.78, 5) is 127. The van der Waals surface area contributed by atoms with E-state index in [1.165, 1.54) is 29.2 Å². The number of carbonyl (C=O) groups is 9. The Bertz CT molecular complexity index is 1830. The van der Waals surface area contributed by atoms with E-state index in [4.69, 9.17) is 5.73 Å². The summed E-state index contributed by atoms with van der Waals surface area (Å²) < 4.78 is 0. The maximum absolute atomic E-state index is 14.1. The number of aromatic amines is 1. The van der Waals surface area contributed by atoms with Gasteiger partial charge in [-0.1, -0.05) is 41.5 Å². The van der Waals surface area contributed by atoms with E-state index in [1.54, 1.807) is 27.7 Å². The molecule has 0 aliphatic carbocycles. The number of hydrogen-bond acceptors (Lipinski definition) is 13. The van der Waals surface area contributed by atoms with Gasteiger partial charge >= 0.3 is 5.97 Å². The largest absolute Gasteiger partial charge is 0.480 e. The lowest BCUT2D eigenvalue weighted by Crippen LogP contribution is -2.61. The molecule has 370 valence electrons. The molecule has 66 heavy (non-hydrogen) atoms. The van der Waals surface area contributed by atoms with Crippen molar-refractivity contribution in [3.63, 3.8) is 0 Å².